The summed E-state index contributed by atoms with van der Waals surface area (Å²) >= 11 is 0. The van der Waals surface area contributed by atoms with Crippen LogP contribution < -0.4 is 14.8 Å². The molecule has 158 valence electrons. The van der Waals surface area contributed by atoms with Crippen LogP contribution in [0.15, 0.2) is 24.3 Å². The third-order valence-corrected chi connectivity index (χ3v) is 5.75. The van der Waals surface area contributed by atoms with Gasteiger partial charge in [0, 0.05) is 0 Å². The number of methoxy groups -OCH3 is 1. The minimum atomic E-state index is -0.998. The van der Waals surface area contributed by atoms with Gasteiger partial charge in [0.2, 0.25) is 0 Å². The van der Waals surface area contributed by atoms with Crippen molar-refractivity contribution in [1.29, 1.82) is 0 Å². The predicted molar refractivity (Wildman–Crippen MR) is 110 cm³/mol. The van der Waals surface area contributed by atoms with Gasteiger partial charge in [0.05, 0.1) is 13.7 Å². The first-order valence-electron chi connectivity index (χ1n) is 10.1. The standard InChI is InChI=1S/C22H30N2O5/c1-4-5-16-6-7-18(19(12-16)28-3)29-14-17(25)13-24-20(26)22(23-21(24)27)10-8-15(2)9-11-22/h4-7,12,15,17,25H,8-11,13-14H2,1-3H3,(H,23,27)/b5-4-/t15?,17-,22?/m1/s1. The van der Waals surface area contributed by atoms with E-state index in [1.54, 1.807) is 13.2 Å². The molecular formula is C22H30N2O5. The molecule has 2 aliphatic rings. The van der Waals surface area contributed by atoms with Crippen molar-refractivity contribution in [2.24, 2.45) is 5.92 Å². The zero-order valence-corrected chi connectivity index (χ0v) is 17.3. The number of benzene rings is 1. The molecule has 1 aliphatic carbocycles. The molecule has 1 aliphatic heterocycles. The van der Waals surface area contributed by atoms with E-state index in [2.05, 4.69) is 12.2 Å². The number of aliphatic hydroxyl groups excluding tert-OH is 1. The van der Waals surface area contributed by atoms with Crippen LogP contribution >= 0.6 is 0 Å². The molecule has 3 rings (SSSR count). The van der Waals surface area contributed by atoms with Gasteiger partial charge >= 0.3 is 6.03 Å². The quantitative estimate of drug-likeness (QED) is 0.685. The molecule has 2 N–H and O–H groups in total. The van der Waals surface area contributed by atoms with E-state index in [1.165, 1.54) is 0 Å². The number of β-amino-alcohol motifs (C(OH)–C–C–N with tert-alkyl or cyclic N) is 1. The van der Waals surface area contributed by atoms with E-state index < -0.39 is 17.7 Å². The Hall–Kier alpha value is -2.54. The Bertz CT molecular complexity index is 783. The summed E-state index contributed by atoms with van der Waals surface area (Å²) in [5.74, 6) is 1.38. The van der Waals surface area contributed by atoms with Crippen LogP contribution in [0.4, 0.5) is 4.79 Å². The molecule has 3 amide bonds. The van der Waals surface area contributed by atoms with E-state index in [9.17, 15) is 14.7 Å². The number of imide groups is 1. The summed E-state index contributed by atoms with van der Waals surface area (Å²) in [6.45, 7) is 3.94. The van der Waals surface area contributed by atoms with Crippen molar-refractivity contribution in [2.45, 2.75) is 51.2 Å². The van der Waals surface area contributed by atoms with Crippen LogP contribution in [0, 0.1) is 5.92 Å². The maximum absolute atomic E-state index is 12.9. The summed E-state index contributed by atoms with van der Waals surface area (Å²) in [7, 11) is 1.55. The first kappa shape index (κ1) is 21.2. The Labute approximate surface area is 171 Å². The van der Waals surface area contributed by atoms with E-state index in [4.69, 9.17) is 9.47 Å². The van der Waals surface area contributed by atoms with E-state index in [1.807, 2.05) is 31.2 Å². The second-order valence-electron chi connectivity index (χ2n) is 7.99. The summed E-state index contributed by atoms with van der Waals surface area (Å²) in [6.07, 6.45) is 6.00. The lowest BCUT2D eigenvalue weighted by Crippen LogP contribution is -2.49. The molecule has 1 heterocycles. The van der Waals surface area contributed by atoms with Crippen LogP contribution in [0.5, 0.6) is 11.5 Å². The number of carbonyl (C=O) groups excluding carboxylic acids is 2. The van der Waals surface area contributed by atoms with Gasteiger partial charge in [0.25, 0.3) is 5.91 Å². The van der Waals surface area contributed by atoms with Crippen molar-refractivity contribution in [3.8, 4) is 11.5 Å². The van der Waals surface area contributed by atoms with Gasteiger partial charge in [0.1, 0.15) is 18.2 Å². The average Bonchev–Trinajstić information content (AvgIpc) is 2.93. The molecule has 0 unspecified atom stereocenters. The van der Waals surface area contributed by atoms with Gasteiger partial charge in [-0.25, -0.2) is 4.79 Å². The van der Waals surface area contributed by atoms with Crippen molar-refractivity contribution >= 4 is 18.0 Å². The number of nitrogens with one attached hydrogen (secondary N) is 1. The highest BCUT2D eigenvalue weighted by atomic mass is 16.5. The van der Waals surface area contributed by atoms with Crippen LogP contribution in [-0.4, -0.2) is 53.8 Å². The van der Waals surface area contributed by atoms with E-state index >= 15 is 0 Å². The zero-order valence-electron chi connectivity index (χ0n) is 17.3. The Morgan fingerprint density at radius 2 is 2.03 bits per heavy atom. The number of amides is 3. The Kier molecular flexibility index (Phi) is 6.47. The van der Waals surface area contributed by atoms with Crippen molar-refractivity contribution in [2.75, 3.05) is 20.3 Å². The first-order chi connectivity index (χ1) is 13.9. The van der Waals surface area contributed by atoms with Crippen molar-refractivity contribution < 1.29 is 24.2 Å². The number of hydrogen-bond donors (Lipinski definition) is 2. The molecule has 1 spiro atoms. The third-order valence-electron chi connectivity index (χ3n) is 5.75. The maximum Gasteiger partial charge on any atom is 0.325 e. The van der Waals surface area contributed by atoms with Crippen molar-refractivity contribution in [3.63, 3.8) is 0 Å². The molecule has 0 aromatic heterocycles. The monoisotopic (exact) mass is 402 g/mol. The number of urea groups is 1. The molecule has 0 bridgehead atoms. The van der Waals surface area contributed by atoms with E-state index in [-0.39, 0.29) is 19.1 Å². The summed E-state index contributed by atoms with van der Waals surface area (Å²) in [6, 6.07) is 5.06. The summed E-state index contributed by atoms with van der Waals surface area (Å²) in [5.41, 5.74) is 0.180. The topological polar surface area (TPSA) is 88.1 Å². The molecule has 1 atom stereocenters. The molecule has 29 heavy (non-hydrogen) atoms. The molecular weight excluding hydrogens is 372 g/mol. The van der Waals surface area contributed by atoms with Crippen LogP contribution in [0.1, 0.15) is 45.1 Å². The molecule has 1 saturated heterocycles. The largest absolute Gasteiger partial charge is 0.493 e. The number of hydrogen-bond acceptors (Lipinski definition) is 5. The zero-order chi connectivity index (χ0) is 21.0. The van der Waals surface area contributed by atoms with Gasteiger partial charge in [-0.1, -0.05) is 25.1 Å². The van der Waals surface area contributed by atoms with Gasteiger partial charge in [-0.3, -0.25) is 9.69 Å². The molecule has 7 heteroatoms. The van der Waals surface area contributed by atoms with Crippen LogP contribution in [0.25, 0.3) is 6.08 Å². The van der Waals surface area contributed by atoms with Crippen LogP contribution in [0.3, 0.4) is 0 Å². The number of nitrogens with zero attached hydrogens (tertiary/aromatic N) is 1. The number of allylic oxidation sites excluding steroid dienone is 1. The van der Waals surface area contributed by atoms with Crippen LogP contribution in [0.2, 0.25) is 0 Å². The van der Waals surface area contributed by atoms with Gasteiger partial charge in [-0.2, -0.15) is 0 Å². The third kappa shape index (κ3) is 4.56. The summed E-state index contributed by atoms with van der Waals surface area (Å²) in [5, 5.41) is 13.3. The first-order valence-corrected chi connectivity index (χ1v) is 10.1. The molecule has 1 aromatic rings. The fourth-order valence-electron chi connectivity index (χ4n) is 3.98. The normalized spacial score (nSPS) is 25.5. The lowest BCUT2D eigenvalue weighted by atomic mass is 9.77. The minimum Gasteiger partial charge on any atom is -0.493 e. The Morgan fingerprint density at radius 1 is 1.31 bits per heavy atom. The van der Waals surface area contributed by atoms with Gasteiger partial charge in [0.15, 0.2) is 11.5 Å². The fourth-order valence-corrected chi connectivity index (χ4v) is 3.98. The lowest BCUT2D eigenvalue weighted by molar-refractivity contribution is -0.133. The second-order valence-corrected chi connectivity index (χ2v) is 7.99. The second kappa shape index (κ2) is 8.86. The maximum atomic E-state index is 12.9. The Morgan fingerprint density at radius 3 is 2.69 bits per heavy atom. The molecule has 2 fully saturated rings. The Balaban J connectivity index is 1.59. The van der Waals surface area contributed by atoms with Gasteiger partial charge in [-0.05, 0) is 56.2 Å². The molecule has 1 aromatic carbocycles. The van der Waals surface area contributed by atoms with Gasteiger partial charge in [-0.15, -0.1) is 0 Å². The van der Waals surface area contributed by atoms with Gasteiger partial charge < -0.3 is 19.9 Å². The minimum absolute atomic E-state index is 0.0551. The van der Waals surface area contributed by atoms with E-state index in [0.717, 1.165) is 23.3 Å². The number of rotatable bonds is 7. The smallest absolute Gasteiger partial charge is 0.325 e. The predicted octanol–water partition coefficient (Wildman–Crippen LogP) is 2.97. The molecule has 7 nitrogen and oxygen atoms in total. The highest BCUT2D eigenvalue weighted by molar-refractivity contribution is 6.07. The fraction of sp³-hybridized carbons (Fsp3) is 0.545. The van der Waals surface area contributed by atoms with Crippen LogP contribution in [-0.2, 0) is 4.79 Å². The summed E-state index contributed by atoms with van der Waals surface area (Å²) < 4.78 is 11.0. The average molecular weight is 402 g/mol. The highest BCUT2D eigenvalue weighted by Crippen LogP contribution is 2.36. The highest BCUT2D eigenvalue weighted by Gasteiger charge is 2.52. The molecule has 0 radical (unpaired) electrons. The van der Waals surface area contributed by atoms with E-state index in [0.29, 0.717) is 30.3 Å². The number of carbonyl (C=O) groups is 2. The summed E-state index contributed by atoms with van der Waals surface area (Å²) in [4.78, 5) is 26.4. The molecule has 1 saturated carbocycles. The van der Waals surface area contributed by atoms with Crippen molar-refractivity contribution in [3.05, 3.63) is 29.8 Å². The number of aliphatic hydroxyl groups is 1. The lowest BCUT2D eigenvalue weighted by Gasteiger charge is -2.33. The SMILES string of the molecule is C/C=C\c1ccc(OC[C@H](O)CN2C(=O)NC3(CCC(C)CC3)C2=O)c(OC)c1. The number of ether oxygens (including phenoxy) is 2. The van der Waals surface area contributed by atoms with Crippen molar-refractivity contribution in [1.82, 2.24) is 10.2 Å².